The predicted octanol–water partition coefficient (Wildman–Crippen LogP) is 3.31. The summed E-state index contributed by atoms with van der Waals surface area (Å²) in [5, 5.41) is 4.94. The molecule has 7 heteroatoms. The highest BCUT2D eigenvalue weighted by Gasteiger charge is 2.28. The van der Waals surface area contributed by atoms with Gasteiger partial charge in [-0.15, -0.1) is 5.10 Å². The van der Waals surface area contributed by atoms with Crippen LogP contribution in [0.2, 0.25) is 0 Å². The van der Waals surface area contributed by atoms with E-state index in [2.05, 4.69) is 20.9 Å². The summed E-state index contributed by atoms with van der Waals surface area (Å²) in [6.07, 6.45) is 8.89. The van der Waals surface area contributed by atoms with Crippen molar-refractivity contribution < 1.29 is 4.74 Å². The zero-order valence-electron chi connectivity index (χ0n) is 14.9. The summed E-state index contributed by atoms with van der Waals surface area (Å²) in [6, 6.07) is 4.10. The van der Waals surface area contributed by atoms with Gasteiger partial charge in [-0.2, -0.15) is 0 Å². The van der Waals surface area contributed by atoms with Crippen LogP contribution in [0.4, 0.5) is 11.5 Å². The van der Waals surface area contributed by atoms with Gasteiger partial charge in [-0.05, 0) is 51.2 Å². The summed E-state index contributed by atoms with van der Waals surface area (Å²) >= 11 is 0. The topological polar surface area (TPSA) is 69.0 Å². The average molecular weight is 350 g/mol. The summed E-state index contributed by atoms with van der Waals surface area (Å²) < 4.78 is 7.92. The van der Waals surface area contributed by atoms with Gasteiger partial charge in [0.2, 0.25) is 0 Å². The molecule has 0 N–H and O–H groups in total. The van der Waals surface area contributed by atoms with E-state index < -0.39 is 0 Å². The van der Waals surface area contributed by atoms with Gasteiger partial charge in [-0.1, -0.05) is 0 Å². The zero-order valence-corrected chi connectivity index (χ0v) is 14.9. The molecule has 5 heterocycles. The summed E-state index contributed by atoms with van der Waals surface area (Å²) in [6.45, 7) is 3.65. The fraction of sp³-hybridized carbons (Fsp3) is 0.474. The molecule has 0 aliphatic carbocycles. The molecule has 0 amide bonds. The highest BCUT2D eigenvalue weighted by Crippen LogP contribution is 2.36. The molecule has 1 unspecified atom stereocenters. The lowest BCUT2D eigenvalue weighted by Crippen LogP contribution is -2.26. The van der Waals surface area contributed by atoms with E-state index in [0.717, 1.165) is 79.3 Å². The SMILES string of the molecule is Cc1cnc2c(N3CCCc4ncccc43)nn(C3CCCCO3)c2n1. The summed E-state index contributed by atoms with van der Waals surface area (Å²) in [5.74, 6) is 0.857. The van der Waals surface area contributed by atoms with E-state index in [1.54, 1.807) is 0 Å². The first-order chi connectivity index (χ1) is 12.8. The van der Waals surface area contributed by atoms with Gasteiger partial charge in [0.25, 0.3) is 0 Å². The number of aromatic nitrogens is 5. The van der Waals surface area contributed by atoms with Crippen LogP contribution in [0.3, 0.4) is 0 Å². The second kappa shape index (κ2) is 6.32. The summed E-state index contributed by atoms with van der Waals surface area (Å²) in [4.78, 5) is 16.2. The molecule has 1 fully saturated rings. The molecule has 3 aromatic heterocycles. The number of hydrogen-bond acceptors (Lipinski definition) is 6. The van der Waals surface area contributed by atoms with Crippen molar-refractivity contribution in [1.29, 1.82) is 0 Å². The number of nitrogens with zero attached hydrogens (tertiary/aromatic N) is 6. The van der Waals surface area contributed by atoms with Crippen LogP contribution in [0, 0.1) is 6.92 Å². The molecular formula is C19H22N6O. The molecule has 1 saturated heterocycles. The van der Waals surface area contributed by atoms with Crippen LogP contribution in [0.1, 0.15) is 43.3 Å². The molecule has 0 saturated carbocycles. The van der Waals surface area contributed by atoms with Crippen molar-refractivity contribution in [2.24, 2.45) is 0 Å². The van der Waals surface area contributed by atoms with Crippen molar-refractivity contribution in [3.8, 4) is 0 Å². The maximum absolute atomic E-state index is 5.98. The molecule has 3 aromatic rings. The number of hydrogen-bond donors (Lipinski definition) is 0. The fourth-order valence-electron chi connectivity index (χ4n) is 3.89. The Balaban J connectivity index is 1.67. The van der Waals surface area contributed by atoms with Crippen LogP contribution in [-0.2, 0) is 11.2 Å². The molecule has 2 aliphatic rings. The molecule has 134 valence electrons. The average Bonchev–Trinajstić information content (AvgIpc) is 3.06. The number of ether oxygens (including phenoxy) is 1. The van der Waals surface area contributed by atoms with E-state index in [0.29, 0.717) is 0 Å². The number of anilines is 2. The van der Waals surface area contributed by atoms with E-state index in [9.17, 15) is 0 Å². The van der Waals surface area contributed by atoms with Crippen LogP contribution < -0.4 is 4.90 Å². The number of pyridine rings is 1. The first-order valence-corrected chi connectivity index (χ1v) is 9.36. The second-order valence-corrected chi connectivity index (χ2v) is 7.00. The summed E-state index contributed by atoms with van der Waals surface area (Å²) in [7, 11) is 0. The Morgan fingerprint density at radius 2 is 2.15 bits per heavy atom. The lowest BCUT2D eigenvalue weighted by molar-refractivity contribution is -0.0369. The monoisotopic (exact) mass is 350 g/mol. The number of fused-ring (bicyclic) bond motifs is 2. The predicted molar refractivity (Wildman–Crippen MR) is 98.5 cm³/mol. The molecule has 0 bridgehead atoms. The minimum Gasteiger partial charge on any atom is -0.356 e. The van der Waals surface area contributed by atoms with E-state index in [1.807, 2.05) is 30.1 Å². The number of rotatable bonds is 2. The smallest absolute Gasteiger partial charge is 0.183 e. The molecular weight excluding hydrogens is 328 g/mol. The Bertz CT molecular complexity index is 946. The first kappa shape index (κ1) is 15.7. The molecule has 26 heavy (non-hydrogen) atoms. The Morgan fingerprint density at radius 1 is 1.19 bits per heavy atom. The van der Waals surface area contributed by atoms with Crippen LogP contribution >= 0.6 is 0 Å². The van der Waals surface area contributed by atoms with Gasteiger partial charge in [0.05, 0.1) is 17.1 Å². The van der Waals surface area contributed by atoms with Gasteiger partial charge in [0, 0.05) is 25.5 Å². The highest BCUT2D eigenvalue weighted by atomic mass is 16.5. The van der Waals surface area contributed by atoms with E-state index in [1.165, 1.54) is 0 Å². The Morgan fingerprint density at radius 3 is 3.04 bits per heavy atom. The lowest BCUT2D eigenvalue weighted by Gasteiger charge is -2.28. The van der Waals surface area contributed by atoms with E-state index in [-0.39, 0.29) is 6.23 Å². The number of aryl methyl sites for hydroxylation is 2. The second-order valence-electron chi connectivity index (χ2n) is 7.00. The maximum atomic E-state index is 5.98. The van der Waals surface area contributed by atoms with Crippen LogP contribution in [0.5, 0.6) is 0 Å². The van der Waals surface area contributed by atoms with Gasteiger partial charge < -0.3 is 9.64 Å². The molecule has 0 spiro atoms. The Kier molecular flexibility index (Phi) is 3.81. The van der Waals surface area contributed by atoms with Gasteiger partial charge in [0.1, 0.15) is 0 Å². The quantitative estimate of drug-likeness (QED) is 0.706. The largest absolute Gasteiger partial charge is 0.356 e. The third-order valence-corrected chi connectivity index (χ3v) is 5.14. The van der Waals surface area contributed by atoms with E-state index in [4.69, 9.17) is 14.8 Å². The minimum atomic E-state index is -0.0609. The van der Waals surface area contributed by atoms with Crippen molar-refractivity contribution in [1.82, 2.24) is 24.7 Å². The maximum Gasteiger partial charge on any atom is 0.183 e. The molecule has 0 radical (unpaired) electrons. The Hall–Kier alpha value is -2.54. The van der Waals surface area contributed by atoms with Crippen LogP contribution in [0.15, 0.2) is 24.5 Å². The van der Waals surface area contributed by atoms with E-state index >= 15 is 0 Å². The fourth-order valence-corrected chi connectivity index (χ4v) is 3.89. The van der Waals surface area contributed by atoms with Crippen molar-refractivity contribution in [3.05, 3.63) is 35.9 Å². The standard InChI is InChI=1S/C19H22N6O/c1-13-12-21-17-18(22-13)25(16-8-2-3-11-26-16)23-19(17)24-10-5-6-14-15(24)7-4-9-20-14/h4,7,9,12,16H,2-3,5-6,8,10-11H2,1H3. The molecule has 7 nitrogen and oxygen atoms in total. The zero-order chi connectivity index (χ0) is 17.5. The first-order valence-electron chi connectivity index (χ1n) is 9.36. The van der Waals surface area contributed by atoms with Gasteiger partial charge >= 0.3 is 0 Å². The van der Waals surface area contributed by atoms with Gasteiger partial charge in [0.15, 0.2) is 23.2 Å². The molecule has 1 atom stereocenters. The Labute approximate surface area is 152 Å². The van der Waals surface area contributed by atoms with Crippen LogP contribution in [0.25, 0.3) is 11.2 Å². The normalized spacial score (nSPS) is 20.3. The van der Waals surface area contributed by atoms with Crippen molar-refractivity contribution >= 4 is 22.7 Å². The van der Waals surface area contributed by atoms with Gasteiger partial charge in [-0.3, -0.25) is 4.98 Å². The van der Waals surface area contributed by atoms with Crippen LogP contribution in [-0.4, -0.2) is 37.9 Å². The van der Waals surface area contributed by atoms with Gasteiger partial charge in [-0.25, -0.2) is 14.6 Å². The van der Waals surface area contributed by atoms with Crippen molar-refractivity contribution in [3.63, 3.8) is 0 Å². The highest BCUT2D eigenvalue weighted by molar-refractivity contribution is 5.87. The third kappa shape index (κ3) is 2.54. The summed E-state index contributed by atoms with van der Waals surface area (Å²) in [5.41, 5.74) is 4.78. The lowest BCUT2D eigenvalue weighted by atomic mass is 10.1. The third-order valence-electron chi connectivity index (χ3n) is 5.14. The van der Waals surface area contributed by atoms with Crippen molar-refractivity contribution in [2.45, 2.75) is 45.3 Å². The molecule has 5 rings (SSSR count). The molecule has 0 aromatic carbocycles. The van der Waals surface area contributed by atoms with Crippen molar-refractivity contribution in [2.75, 3.05) is 18.1 Å². The molecule has 2 aliphatic heterocycles. The minimum absolute atomic E-state index is 0.0609.